The van der Waals surface area contributed by atoms with E-state index in [9.17, 15) is 4.79 Å². The number of aryl methyl sites for hydroxylation is 1. The van der Waals surface area contributed by atoms with Crippen molar-refractivity contribution in [1.82, 2.24) is 14.9 Å². The average molecular weight is 286 g/mol. The van der Waals surface area contributed by atoms with Crippen molar-refractivity contribution in [3.63, 3.8) is 0 Å². The molecule has 0 fully saturated rings. The second kappa shape index (κ2) is 7.59. The van der Waals surface area contributed by atoms with Crippen LogP contribution in [0.2, 0.25) is 0 Å². The molecule has 1 atom stereocenters. The number of aromatic nitrogens is 2. The van der Waals surface area contributed by atoms with Crippen LogP contribution in [0, 0.1) is 5.92 Å². The number of carbonyl (C=O) groups excluding carboxylic acids is 1. The SMILES string of the molecule is Cn1ccnc1CCNC(=O)C(CN)Cc1ccccc1. The van der Waals surface area contributed by atoms with Gasteiger partial charge < -0.3 is 15.6 Å². The molecule has 5 nitrogen and oxygen atoms in total. The Kier molecular flexibility index (Phi) is 5.51. The molecule has 1 aromatic heterocycles. The molecule has 3 N–H and O–H groups in total. The van der Waals surface area contributed by atoms with E-state index in [1.807, 2.05) is 48.1 Å². The maximum absolute atomic E-state index is 12.2. The number of nitrogens with two attached hydrogens (primary N) is 1. The van der Waals surface area contributed by atoms with E-state index >= 15 is 0 Å². The largest absolute Gasteiger partial charge is 0.355 e. The van der Waals surface area contributed by atoms with E-state index in [0.717, 1.165) is 17.8 Å². The Morgan fingerprint density at radius 2 is 2.14 bits per heavy atom. The molecule has 2 aromatic rings. The minimum atomic E-state index is -0.186. The first kappa shape index (κ1) is 15.3. The van der Waals surface area contributed by atoms with Crippen molar-refractivity contribution in [2.75, 3.05) is 13.1 Å². The Bertz CT molecular complexity index is 565. The van der Waals surface area contributed by atoms with Gasteiger partial charge >= 0.3 is 0 Å². The van der Waals surface area contributed by atoms with Crippen molar-refractivity contribution < 1.29 is 4.79 Å². The zero-order valence-electron chi connectivity index (χ0n) is 12.3. The second-order valence-electron chi connectivity index (χ2n) is 5.12. The van der Waals surface area contributed by atoms with Gasteiger partial charge in [0.15, 0.2) is 0 Å². The van der Waals surface area contributed by atoms with Crippen LogP contribution in [0.15, 0.2) is 42.7 Å². The minimum Gasteiger partial charge on any atom is -0.355 e. The number of benzene rings is 1. The monoisotopic (exact) mass is 286 g/mol. The molecule has 1 amide bonds. The molecule has 0 saturated carbocycles. The lowest BCUT2D eigenvalue weighted by atomic mass is 9.98. The summed E-state index contributed by atoms with van der Waals surface area (Å²) < 4.78 is 1.95. The van der Waals surface area contributed by atoms with Crippen LogP contribution in [-0.2, 0) is 24.7 Å². The third-order valence-corrected chi connectivity index (χ3v) is 3.55. The molecule has 112 valence electrons. The molecule has 0 aliphatic rings. The van der Waals surface area contributed by atoms with Crippen LogP contribution in [0.1, 0.15) is 11.4 Å². The van der Waals surface area contributed by atoms with Crippen molar-refractivity contribution in [2.45, 2.75) is 12.8 Å². The van der Waals surface area contributed by atoms with Gasteiger partial charge in [0, 0.05) is 39.0 Å². The minimum absolute atomic E-state index is 0.00978. The summed E-state index contributed by atoms with van der Waals surface area (Å²) in [6, 6.07) is 9.95. The van der Waals surface area contributed by atoms with Gasteiger partial charge in [-0.3, -0.25) is 4.79 Å². The van der Waals surface area contributed by atoms with E-state index in [0.29, 0.717) is 19.5 Å². The number of imidazole rings is 1. The predicted molar refractivity (Wildman–Crippen MR) is 82.6 cm³/mol. The van der Waals surface area contributed by atoms with E-state index in [1.54, 1.807) is 6.20 Å². The van der Waals surface area contributed by atoms with Crippen molar-refractivity contribution in [3.05, 3.63) is 54.1 Å². The summed E-state index contributed by atoms with van der Waals surface area (Å²) in [5.74, 6) is 0.784. The number of nitrogens with zero attached hydrogens (tertiary/aromatic N) is 2. The van der Waals surface area contributed by atoms with E-state index in [4.69, 9.17) is 5.73 Å². The third-order valence-electron chi connectivity index (χ3n) is 3.55. The fourth-order valence-electron chi connectivity index (χ4n) is 2.26. The molecule has 1 heterocycles. The Labute approximate surface area is 125 Å². The Hall–Kier alpha value is -2.14. The zero-order valence-corrected chi connectivity index (χ0v) is 12.3. The van der Waals surface area contributed by atoms with Crippen LogP contribution in [0.5, 0.6) is 0 Å². The van der Waals surface area contributed by atoms with Gasteiger partial charge in [0.05, 0.1) is 5.92 Å². The van der Waals surface area contributed by atoms with E-state index in [-0.39, 0.29) is 11.8 Å². The van der Waals surface area contributed by atoms with Crippen molar-refractivity contribution >= 4 is 5.91 Å². The summed E-state index contributed by atoms with van der Waals surface area (Å²) in [4.78, 5) is 16.4. The first-order valence-electron chi connectivity index (χ1n) is 7.18. The number of nitrogens with one attached hydrogen (secondary N) is 1. The first-order chi connectivity index (χ1) is 10.2. The lowest BCUT2D eigenvalue weighted by Gasteiger charge is -2.15. The number of rotatable bonds is 7. The molecule has 1 aromatic carbocycles. The highest BCUT2D eigenvalue weighted by atomic mass is 16.1. The van der Waals surface area contributed by atoms with Gasteiger partial charge in [0.1, 0.15) is 5.82 Å². The molecular weight excluding hydrogens is 264 g/mol. The van der Waals surface area contributed by atoms with Gasteiger partial charge in [-0.05, 0) is 12.0 Å². The van der Waals surface area contributed by atoms with E-state index < -0.39 is 0 Å². The molecular formula is C16H22N4O. The summed E-state index contributed by atoms with van der Waals surface area (Å²) in [5, 5.41) is 2.95. The van der Waals surface area contributed by atoms with Crippen LogP contribution in [0.3, 0.4) is 0 Å². The molecule has 0 radical (unpaired) electrons. The summed E-state index contributed by atoms with van der Waals surface area (Å²) in [7, 11) is 1.95. The predicted octanol–water partition coefficient (Wildman–Crippen LogP) is 0.896. The van der Waals surface area contributed by atoms with E-state index in [1.165, 1.54) is 0 Å². The summed E-state index contributed by atoms with van der Waals surface area (Å²) in [5.41, 5.74) is 6.87. The topological polar surface area (TPSA) is 72.9 Å². The van der Waals surface area contributed by atoms with Gasteiger partial charge in [-0.25, -0.2) is 4.98 Å². The summed E-state index contributed by atoms with van der Waals surface area (Å²) >= 11 is 0. The van der Waals surface area contributed by atoms with Crippen LogP contribution in [0.25, 0.3) is 0 Å². The van der Waals surface area contributed by atoms with Gasteiger partial charge in [0.2, 0.25) is 5.91 Å². The van der Waals surface area contributed by atoms with E-state index in [2.05, 4.69) is 10.3 Å². The van der Waals surface area contributed by atoms with Crippen LogP contribution < -0.4 is 11.1 Å². The number of carbonyl (C=O) groups is 1. The number of hydrogen-bond donors (Lipinski definition) is 2. The molecule has 0 aliphatic carbocycles. The zero-order chi connectivity index (χ0) is 15.1. The van der Waals surface area contributed by atoms with Crippen molar-refractivity contribution in [3.8, 4) is 0 Å². The highest BCUT2D eigenvalue weighted by Gasteiger charge is 2.16. The van der Waals surface area contributed by atoms with Gasteiger partial charge in [-0.15, -0.1) is 0 Å². The normalized spacial score (nSPS) is 12.1. The maximum Gasteiger partial charge on any atom is 0.224 e. The lowest BCUT2D eigenvalue weighted by Crippen LogP contribution is -2.37. The molecule has 0 spiro atoms. The fourth-order valence-corrected chi connectivity index (χ4v) is 2.26. The van der Waals surface area contributed by atoms with Crippen LogP contribution in [0.4, 0.5) is 0 Å². The molecule has 0 saturated heterocycles. The van der Waals surface area contributed by atoms with Crippen LogP contribution in [-0.4, -0.2) is 28.5 Å². The molecule has 1 unspecified atom stereocenters. The third kappa shape index (κ3) is 4.43. The molecule has 21 heavy (non-hydrogen) atoms. The Balaban J connectivity index is 1.81. The standard InChI is InChI=1S/C16H22N4O/c1-20-10-9-18-15(20)7-8-19-16(21)14(12-17)11-13-5-3-2-4-6-13/h2-6,9-10,14H,7-8,11-12,17H2,1H3,(H,19,21). The molecule has 0 aliphatic heterocycles. The quantitative estimate of drug-likeness (QED) is 0.794. The van der Waals surface area contributed by atoms with Crippen molar-refractivity contribution in [1.29, 1.82) is 0 Å². The number of hydrogen-bond acceptors (Lipinski definition) is 3. The highest BCUT2D eigenvalue weighted by Crippen LogP contribution is 2.08. The Morgan fingerprint density at radius 3 is 2.76 bits per heavy atom. The summed E-state index contributed by atoms with van der Waals surface area (Å²) in [6.45, 7) is 0.929. The van der Waals surface area contributed by atoms with Gasteiger partial charge in [0.25, 0.3) is 0 Å². The molecule has 0 bridgehead atoms. The lowest BCUT2D eigenvalue weighted by molar-refractivity contribution is -0.124. The molecule has 2 rings (SSSR count). The highest BCUT2D eigenvalue weighted by molar-refractivity contribution is 5.79. The van der Waals surface area contributed by atoms with Crippen LogP contribution >= 0.6 is 0 Å². The Morgan fingerprint density at radius 1 is 1.38 bits per heavy atom. The molecule has 5 heteroatoms. The smallest absolute Gasteiger partial charge is 0.224 e. The average Bonchev–Trinajstić information content (AvgIpc) is 2.91. The van der Waals surface area contributed by atoms with Gasteiger partial charge in [-0.1, -0.05) is 30.3 Å². The second-order valence-corrected chi connectivity index (χ2v) is 5.12. The van der Waals surface area contributed by atoms with Crippen molar-refractivity contribution in [2.24, 2.45) is 18.7 Å². The number of amides is 1. The first-order valence-corrected chi connectivity index (χ1v) is 7.18. The summed E-state index contributed by atoms with van der Waals surface area (Å²) in [6.07, 6.45) is 5.05. The van der Waals surface area contributed by atoms with Gasteiger partial charge in [-0.2, -0.15) is 0 Å². The maximum atomic E-state index is 12.2. The fraction of sp³-hybridized carbons (Fsp3) is 0.375.